The number of rotatable bonds is 5. The highest BCUT2D eigenvalue weighted by Crippen LogP contribution is 2.34. The Hall–Kier alpha value is -3.02. The van der Waals surface area contributed by atoms with Crippen LogP contribution in [0.1, 0.15) is 26.3 Å². The van der Waals surface area contributed by atoms with Crippen molar-refractivity contribution >= 4 is 17.6 Å². The Morgan fingerprint density at radius 2 is 1.77 bits per heavy atom. The van der Waals surface area contributed by atoms with Crippen molar-refractivity contribution in [3.63, 3.8) is 0 Å². The summed E-state index contributed by atoms with van der Waals surface area (Å²) in [6.07, 6.45) is -0.934. The summed E-state index contributed by atoms with van der Waals surface area (Å²) in [6.45, 7) is 5.25. The van der Waals surface area contributed by atoms with Crippen LogP contribution in [0.3, 0.4) is 0 Å². The molecule has 0 radical (unpaired) electrons. The molecule has 26 heavy (non-hydrogen) atoms. The Morgan fingerprint density at radius 3 is 2.50 bits per heavy atom. The van der Waals surface area contributed by atoms with Gasteiger partial charge in [-0.3, -0.25) is 9.59 Å². The zero-order chi connectivity index (χ0) is 18.7. The van der Waals surface area contributed by atoms with E-state index in [1.165, 1.54) is 0 Å². The van der Waals surface area contributed by atoms with Gasteiger partial charge in [0.25, 0.3) is 5.91 Å². The van der Waals surface area contributed by atoms with Crippen LogP contribution in [0.4, 0.5) is 5.69 Å². The molecular weight excluding hydrogens is 334 g/mol. The molecule has 1 amide bonds. The van der Waals surface area contributed by atoms with Crippen LogP contribution < -0.4 is 14.8 Å². The molecule has 0 saturated heterocycles. The minimum Gasteiger partial charge on any atom is -0.454 e. The molecule has 0 saturated carbocycles. The highest BCUT2D eigenvalue weighted by atomic mass is 16.7. The van der Waals surface area contributed by atoms with Crippen molar-refractivity contribution < 1.29 is 23.8 Å². The fourth-order valence-electron chi connectivity index (χ4n) is 2.55. The maximum Gasteiger partial charge on any atom is 0.316 e. The van der Waals surface area contributed by atoms with Crippen molar-refractivity contribution in [3.05, 3.63) is 54.1 Å². The molecule has 136 valence electrons. The van der Waals surface area contributed by atoms with E-state index in [-0.39, 0.29) is 6.79 Å². The van der Waals surface area contributed by atoms with Crippen LogP contribution in [-0.2, 0) is 19.7 Å². The zero-order valence-electron chi connectivity index (χ0n) is 14.9. The molecule has 1 atom stereocenters. The SMILES string of the molecule is C[C@H](OC(=O)C(C)(C)c1ccccc1)C(=O)Nc1ccc2c(c1)OCO2. The van der Waals surface area contributed by atoms with Crippen LogP contribution in [0.15, 0.2) is 48.5 Å². The van der Waals surface area contributed by atoms with Gasteiger partial charge >= 0.3 is 5.97 Å². The number of esters is 1. The van der Waals surface area contributed by atoms with E-state index in [1.807, 2.05) is 30.3 Å². The smallest absolute Gasteiger partial charge is 0.316 e. The molecule has 0 spiro atoms. The highest BCUT2D eigenvalue weighted by molar-refractivity contribution is 5.96. The predicted molar refractivity (Wildman–Crippen MR) is 96.2 cm³/mol. The van der Waals surface area contributed by atoms with Gasteiger partial charge in [-0.15, -0.1) is 0 Å². The molecule has 0 aliphatic carbocycles. The Labute approximate surface area is 152 Å². The molecule has 1 heterocycles. The average Bonchev–Trinajstić information content (AvgIpc) is 3.10. The summed E-state index contributed by atoms with van der Waals surface area (Å²) < 4.78 is 15.9. The molecule has 0 unspecified atom stereocenters. The standard InChI is InChI=1S/C20H21NO5/c1-13(26-19(23)20(2,3)14-7-5-4-6-8-14)18(22)21-15-9-10-16-17(11-15)25-12-24-16/h4-11,13H,12H2,1-3H3,(H,21,22)/t13-/m0/s1. The third kappa shape index (κ3) is 3.64. The minimum absolute atomic E-state index is 0.162. The fraction of sp³-hybridized carbons (Fsp3) is 0.300. The fourth-order valence-corrected chi connectivity index (χ4v) is 2.55. The number of ether oxygens (including phenoxy) is 3. The lowest BCUT2D eigenvalue weighted by atomic mass is 9.85. The van der Waals surface area contributed by atoms with Crippen molar-refractivity contribution in [2.24, 2.45) is 0 Å². The predicted octanol–water partition coefficient (Wildman–Crippen LogP) is 3.26. The van der Waals surface area contributed by atoms with Gasteiger partial charge in [-0.05, 0) is 38.5 Å². The Balaban J connectivity index is 1.63. The maximum absolute atomic E-state index is 12.5. The van der Waals surface area contributed by atoms with Crippen molar-refractivity contribution in [2.75, 3.05) is 12.1 Å². The number of amides is 1. The van der Waals surface area contributed by atoms with E-state index < -0.39 is 23.4 Å². The molecule has 6 heteroatoms. The molecule has 2 aromatic rings. The number of benzene rings is 2. The van der Waals surface area contributed by atoms with Gasteiger partial charge in [0.2, 0.25) is 6.79 Å². The molecular formula is C20H21NO5. The monoisotopic (exact) mass is 355 g/mol. The van der Waals surface area contributed by atoms with Gasteiger partial charge in [-0.1, -0.05) is 30.3 Å². The molecule has 2 aromatic carbocycles. The van der Waals surface area contributed by atoms with Gasteiger partial charge in [0.05, 0.1) is 5.41 Å². The number of nitrogens with one attached hydrogen (secondary N) is 1. The Kier molecular flexibility index (Phi) is 4.84. The number of fused-ring (bicyclic) bond motifs is 1. The van der Waals surface area contributed by atoms with Gasteiger partial charge in [-0.25, -0.2) is 0 Å². The van der Waals surface area contributed by atoms with Crippen molar-refractivity contribution in [3.8, 4) is 11.5 Å². The Morgan fingerprint density at radius 1 is 1.08 bits per heavy atom. The van der Waals surface area contributed by atoms with E-state index in [2.05, 4.69) is 5.32 Å². The number of carbonyl (C=O) groups is 2. The lowest BCUT2D eigenvalue weighted by molar-refractivity contribution is -0.158. The van der Waals surface area contributed by atoms with Gasteiger partial charge < -0.3 is 19.5 Å². The van der Waals surface area contributed by atoms with Gasteiger partial charge in [0.15, 0.2) is 17.6 Å². The minimum atomic E-state index is -0.934. The molecule has 3 rings (SSSR count). The first-order valence-corrected chi connectivity index (χ1v) is 8.35. The van der Waals surface area contributed by atoms with E-state index in [9.17, 15) is 9.59 Å². The zero-order valence-corrected chi connectivity index (χ0v) is 14.9. The number of hydrogen-bond donors (Lipinski definition) is 1. The summed E-state index contributed by atoms with van der Waals surface area (Å²) in [7, 11) is 0. The second-order valence-corrected chi connectivity index (χ2v) is 6.60. The van der Waals surface area contributed by atoms with Gasteiger partial charge in [0.1, 0.15) is 0 Å². The van der Waals surface area contributed by atoms with E-state index in [0.29, 0.717) is 17.2 Å². The second-order valence-electron chi connectivity index (χ2n) is 6.60. The first kappa shape index (κ1) is 17.8. The third-order valence-electron chi connectivity index (χ3n) is 4.30. The van der Waals surface area contributed by atoms with E-state index >= 15 is 0 Å². The Bertz CT molecular complexity index is 816. The summed E-state index contributed by atoms with van der Waals surface area (Å²) in [5.41, 5.74) is 0.520. The van der Waals surface area contributed by atoms with Crippen molar-refractivity contribution in [2.45, 2.75) is 32.3 Å². The summed E-state index contributed by atoms with van der Waals surface area (Å²) >= 11 is 0. The molecule has 1 N–H and O–H groups in total. The average molecular weight is 355 g/mol. The van der Waals surface area contributed by atoms with Crippen molar-refractivity contribution in [1.29, 1.82) is 0 Å². The molecule has 1 aliphatic rings. The molecule has 0 fully saturated rings. The highest BCUT2D eigenvalue weighted by Gasteiger charge is 2.33. The summed E-state index contributed by atoms with van der Waals surface area (Å²) in [4.78, 5) is 24.9. The van der Waals surface area contributed by atoms with Gasteiger partial charge in [0, 0.05) is 11.8 Å². The van der Waals surface area contributed by atoms with Crippen LogP contribution in [0.25, 0.3) is 0 Å². The third-order valence-corrected chi connectivity index (χ3v) is 4.30. The number of carbonyl (C=O) groups excluding carboxylic acids is 2. The summed E-state index contributed by atoms with van der Waals surface area (Å²) in [6, 6.07) is 14.4. The first-order chi connectivity index (χ1) is 12.4. The van der Waals surface area contributed by atoms with Crippen molar-refractivity contribution in [1.82, 2.24) is 0 Å². The lowest BCUT2D eigenvalue weighted by Crippen LogP contribution is -2.37. The molecule has 0 aromatic heterocycles. The second kappa shape index (κ2) is 7.07. The van der Waals surface area contributed by atoms with Crippen LogP contribution in [0.2, 0.25) is 0 Å². The van der Waals surface area contributed by atoms with Gasteiger partial charge in [-0.2, -0.15) is 0 Å². The first-order valence-electron chi connectivity index (χ1n) is 8.35. The largest absolute Gasteiger partial charge is 0.454 e. The van der Waals surface area contributed by atoms with Crippen LogP contribution in [0.5, 0.6) is 11.5 Å². The van der Waals surface area contributed by atoms with Crippen LogP contribution >= 0.6 is 0 Å². The van der Waals surface area contributed by atoms with E-state index in [1.54, 1.807) is 39.0 Å². The van der Waals surface area contributed by atoms with E-state index in [0.717, 1.165) is 5.56 Å². The molecule has 6 nitrogen and oxygen atoms in total. The summed E-state index contributed by atoms with van der Waals surface area (Å²) in [5.74, 6) is 0.322. The quantitative estimate of drug-likeness (QED) is 0.834. The maximum atomic E-state index is 12.5. The van der Waals surface area contributed by atoms with E-state index in [4.69, 9.17) is 14.2 Å². The number of hydrogen-bond acceptors (Lipinski definition) is 5. The molecule has 0 bridgehead atoms. The lowest BCUT2D eigenvalue weighted by Gasteiger charge is -2.25. The molecule has 1 aliphatic heterocycles. The number of anilines is 1. The van der Waals surface area contributed by atoms with Crippen LogP contribution in [-0.4, -0.2) is 24.8 Å². The topological polar surface area (TPSA) is 73.9 Å². The van der Waals surface area contributed by atoms with Crippen LogP contribution in [0, 0.1) is 0 Å². The normalized spacial score (nSPS) is 13.8. The summed E-state index contributed by atoms with van der Waals surface area (Å²) in [5, 5.41) is 2.72.